The molecule has 1 aromatic heterocycles. The molecule has 2 heterocycles. The summed E-state index contributed by atoms with van der Waals surface area (Å²) in [6, 6.07) is 3.79. The molecule has 3 rings (SSSR count). The number of nitrogens with zero attached hydrogens (tertiary/aromatic N) is 3. The quantitative estimate of drug-likeness (QED) is 0.786. The SMILES string of the molecule is COc1ccc(OC)c2sc(N3CCC(N(C)S(C)(=O)=O)CC3)nc12. The van der Waals surface area contributed by atoms with Gasteiger partial charge in [0.15, 0.2) is 5.13 Å². The van der Waals surface area contributed by atoms with Gasteiger partial charge < -0.3 is 14.4 Å². The van der Waals surface area contributed by atoms with E-state index in [1.54, 1.807) is 32.6 Å². The highest BCUT2D eigenvalue weighted by atomic mass is 32.2. The molecule has 1 aromatic carbocycles. The minimum atomic E-state index is -3.15. The summed E-state index contributed by atoms with van der Waals surface area (Å²) in [5.74, 6) is 1.51. The first-order valence-electron chi connectivity index (χ1n) is 8.04. The topological polar surface area (TPSA) is 72.0 Å². The number of ether oxygens (including phenoxy) is 2. The van der Waals surface area contributed by atoms with Gasteiger partial charge in [-0.15, -0.1) is 0 Å². The van der Waals surface area contributed by atoms with Crippen molar-refractivity contribution < 1.29 is 17.9 Å². The molecule has 25 heavy (non-hydrogen) atoms. The second-order valence-corrected chi connectivity index (χ2v) is 9.16. The van der Waals surface area contributed by atoms with Crippen LogP contribution in [0.25, 0.3) is 10.2 Å². The summed E-state index contributed by atoms with van der Waals surface area (Å²) in [5, 5.41) is 0.915. The first kappa shape index (κ1) is 18.2. The number of hydrogen-bond acceptors (Lipinski definition) is 7. The summed E-state index contributed by atoms with van der Waals surface area (Å²) in [6.45, 7) is 1.55. The minimum absolute atomic E-state index is 0.0460. The molecule has 0 spiro atoms. The van der Waals surface area contributed by atoms with Gasteiger partial charge in [-0.3, -0.25) is 0 Å². The van der Waals surface area contributed by atoms with Crippen LogP contribution < -0.4 is 14.4 Å². The van der Waals surface area contributed by atoms with Crippen molar-refractivity contribution in [2.75, 3.05) is 45.5 Å². The number of benzene rings is 1. The average Bonchev–Trinajstić information content (AvgIpc) is 3.05. The zero-order chi connectivity index (χ0) is 18.2. The Bertz CT molecular complexity index is 817. The Kier molecular flexibility index (Phi) is 5.08. The van der Waals surface area contributed by atoms with Gasteiger partial charge in [-0.25, -0.2) is 17.7 Å². The minimum Gasteiger partial charge on any atom is -0.495 e. The van der Waals surface area contributed by atoms with Gasteiger partial charge in [0.1, 0.15) is 21.7 Å². The van der Waals surface area contributed by atoms with Crippen LogP contribution in [0.2, 0.25) is 0 Å². The molecule has 0 saturated carbocycles. The Hall–Kier alpha value is -1.58. The summed E-state index contributed by atoms with van der Waals surface area (Å²) >= 11 is 1.58. The fraction of sp³-hybridized carbons (Fsp3) is 0.562. The number of methoxy groups -OCH3 is 2. The smallest absolute Gasteiger partial charge is 0.211 e. The van der Waals surface area contributed by atoms with E-state index in [4.69, 9.17) is 14.5 Å². The summed E-state index contributed by atoms with van der Waals surface area (Å²) in [5.41, 5.74) is 0.803. The van der Waals surface area contributed by atoms with Gasteiger partial charge in [0, 0.05) is 26.2 Å². The van der Waals surface area contributed by atoms with Crippen molar-refractivity contribution in [3.8, 4) is 11.5 Å². The molecule has 0 bridgehead atoms. The monoisotopic (exact) mass is 385 g/mol. The standard InChI is InChI=1S/C16H23N3O4S2/c1-18(25(4,20)21)11-7-9-19(10-8-11)16-17-14-12(22-2)5-6-13(23-3)15(14)24-16/h5-6,11H,7-10H2,1-4H3. The van der Waals surface area contributed by atoms with E-state index in [-0.39, 0.29) is 6.04 Å². The lowest BCUT2D eigenvalue weighted by Gasteiger charge is -2.35. The van der Waals surface area contributed by atoms with E-state index in [9.17, 15) is 8.42 Å². The van der Waals surface area contributed by atoms with Crippen LogP contribution in [-0.2, 0) is 10.0 Å². The van der Waals surface area contributed by atoms with Crippen LogP contribution in [-0.4, -0.2) is 64.4 Å². The lowest BCUT2D eigenvalue weighted by Crippen LogP contribution is -2.45. The Morgan fingerprint density at radius 2 is 1.80 bits per heavy atom. The summed E-state index contributed by atoms with van der Waals surface area (Å²) in [4.78, 5) is 6.95. The van der Waals surface area contributed by atoms with Gasteiger partial charge >= 0.3 is 0 Å². The molecule has 2 aromatic rings. The van der Waals surface area contributed by atoms with Crippen LogP contribution in [0.5, 0.6) is 11.5 Å². The number of aromatic nitrogens is 1. The molecule has 0 aliphatic carbocycles. The molecule has 1 aliphatic heterocycles. The van der Waals surface area contributed by atoms with Crippen molar-refractivity contribution in [1.82, 2.24) is 9.29 Å². The molecular weight excluding hydrogens is 362 g/mol. The molecule has 0 unspecified atom stereocenters. The van der Waals surface area contributed by atoms with Crippen LogP contribution in [0, 0.1) is 0 Å². The molecule has 7 nitrogen and oxygen atoms in total. The first-order chi connectivity index (χ1) is 11.8. The van der Waals surface area contributed by atoms with E-state index in [2.05, 4.69) is 4.90 Å². The molecular formula is C16H23N3O4S2. The number of anilines is 1. The molecule has 1 fully saturated rings. The van der Waals surface area contributed by atoms with Gasteiger partial charge in [0.2, 0.25) is 10.0 Å². The maximum atomic E-state index is 11.7. The molecule has 0 N–H and O–H groups in total. The maximum absolute atomic E-state index is 11.7. The first-order valence-corrected chi connectivity index (χ1v) is 10.7. The number of fused-ring (bicyclic) bond motifs is 1. The lowest BCUT2D eigenvalue weighted by molar-refractivity contribution is 0.314. The highest BCUT2D eigenvalue weighted by molar-refractivity contribution is 7.88. The van der Waals surface area contributed by atoms with Gasteiger partial charge in [-0.05, 0) is 25.0 Å². The zero-order valence-electron chi connectivity index (χ0n) is 14.9. The predicted molar refractivity (Wildman–Crippen MR) is 101 cm³/mol. The maximum Gasteiger partial charge on any atom is 0.211 e. The van der Waals surface area contributed by atoms with Crippen molar-refractivity contribution in [2.45, 2.75) is 18.9 Å². The summed E-state index contributed by atoms with van der Waals surface area (Å²) in [6.07, 6.45) is 2.83. The van der Waals surface area contributed by atoms with Crippen molar-refractivity contribution in [3.63, 3.8) is 0 Å². The molecule has 9 heteroatoms. The van der Waals surface area contributed by atoms with Gasteiger partial charge in [0.05, 0.1) is 20.5 Å². The molecule has 0 radical (unpaired) electrons. The average molecular weight is 386 g/mol. The van der Waals surface area contributed by atoms with E-state index >= 15 is 0 Å². The second-order valence-electron chi connectivity index (χ2n) is 6.14. The third-order valence-electron chi connectivity index (χ3n) is 4.67. The molecule has 1 aliphatic rings. The number of hydrogen-bond donors (Lipinski definition) is 0. The predicted octanol–water partition coefficient (Wildman–Crippen LogP) is 2.17. The van der Waals surface area contributed by atoms with Crippen LogP contribution >= 0.6 is 11.3 Å². The molecule has 0 amide bonds. The third kappa shape index (κ3) is 3.54. The second kappa shape index (κ2) is 6.97. The number of piperidine rings is 1. The fourth-order valence-corrected chi connectivity index (χ4v) is 4.98. The number of rotatable bonds is 5. The lowest BCUT2D eigenvalue weighted by atomic mass is 10.1. The fourth-order valence-electron chi connectivity index (χ4n) is 3.10. The largest absolute Gasteiger partial charge is 0.495 e. The van der Waals surface area contributed by atoms with Crippen molar-refractivity contribution >= 4 is 36.7 Å². The van der Waals surface area contributed by atoms with Crippen LogP contribution in [0.4, 0.5) is 5.13 Å². The van der Waals surface area contributed by atoms with E-state index in [1.165, 1.54) is 10.6 Å². The molecule has 0 atom stereocenters. The summed E-state index contributed by atoms with van der Waals surface area (Å²) < 4.78 is 36.7. The van der Waals surface area contributed by atoms with Gasteiger partial charge in [0.25, 0.3) is 0 Å². The number of sulfonamides is 1. The normalized spacial score (nSPS) is 16.6. The van der Waals surface area contributed by atoms with E-state index in [0.717, 1.165) is 52.8 Å². The van der Waals surface area contributed by atoms with E-state index < -0.39 is 10.0 Å². The van der Waals surface area contributed by atoms with Gasteiger partial charge in [-0.1, -0.05) is 11.3 Å². The molecule has 138 valence electrons. The van der Waals surface area contributed by atoms with Crippen LogP contribution in [0.3, 0.4) is 0 Å². The van der Waals surface area contributed by atoms with Gasteiger partial charge in [-0.2, -0.15) is 0 Å². The van der Waals surface area contributed by atoms with Crippen LogP contribution in [0.15, 0.2) is 12.1 Å². The Labute approximate surface area is 152 Å². The number of thiazole rings is 1. The van der Waals surface area contributed by atoms with Crippen molar-refractivity contribution in [1.29, 1.82) is 0 Å². The molecule has 1 saturated heterocycles. The highest BCUT2D eigenvalue weighted by Gasteiger charge is 2.28. The van der Waals surface area contributed by atoms with Crippen LogP contribution in [0.1, 0.15) is 12.8 Å². The summed E-state index contributed by atoms with van der Waals surface area (Å²) in [7, 11) is 1.78. The van der Waals surface area contributed by atoms with E-state index in [0.29, 0.717) is 0 Å². The zero-order valence-corrected chi connectivity index (χ0v) is 16.5. The van der Waals surface area contributed by atoms with E-state index in [1.807, 2.05) is 12.1 Å². The highest BCUT2D eigenvalue weighted by Crippen LogP contribution is 2.40. The Morgan fingerprint density at radius 1 is 1.20 bits per heavy atom. The Morgan fingerprint density at radius 3 is 2.36 bits per heavy atom. The Balaban J connectivity index is 1.82. The van der Waals surface area contributed by atoms with Crippen molar-refractivity contribution in [3.05, 3.63) is 12.1 Å². The van der Waals surface area contributed by atoms with Crippen molar-refractivity contribution in [2.24, 2.45) is 0 Å². The third-order valence-corrected chi connectivity index (χ3v) is 7.15.